The summed E-state index contributed by atoms with van der Waals surface area (Å²) in [5.41, 5.74) is 3.96. The van der Waals surface area contributed by atoms with E-state index in [4.69, 9.17) is 11.6 Å². The van der Waals surface area contributed by atoms with Crippen molar-refractivity contribution >= 4 is 51.4 Å². The van der Waals surface area contributed by atoms with E-state index in [1.807, 2.05) is 24.3 Å². The molecule has 0 atom stereocenters. The van der Waals surface area contributed by atoms with E-state index in [1.165, 1.54) is 37.2 Å². The van der Waals surface area contributed by atoms with E-state index < -0.39 is 0 Å². The van der Waals surface area contributed by atoms with Gasteiger partial charge in [0.15, 0.2) is 11.0 Å². The van der Waals surface area contributed by atoms with E-state index in [0.29, 0.717) is 16.6 Å². The molecule has 1 saturated carbocycles. The molecule has 10 heteroatoms. The quantitative estimate of drug-likeness (QED) is 0.221. The van der Waals surface area contributed by atoms with Crippen molar-refractivity contribution in [3.05, 3.63) is 57.5 Å². The maximum atomic E-state index is 12.4. The summed E-state index contributed by atoms with van der Waals surface area (Å²) in [6, 6.07) is 12.9. The molecule has 2 aromatic carbocycles. The van der Waals surface area contributed by atoms with Crippen LogP contribution in [0.5, 0.6) is 5.75 Å². The molecule has 1 amide bonds. The van der Waals surface area contributed by atoms with Gasteiger partial charge in [-0.05, 0) is 55.3 Å². The summed E-state index contributed by atoms with van der Waals surface area (Å²) < 4.78 is 2.98. The summed E-state index contributed by atoms with van der Waals surface area (Å²) in [5, 5.41) is 24.1. The Bertz CT molecular complexity index is 1150. The number of amides is 1. The fourth-order valence-electron chi connectivity index (χ4n) is 3.80. The number of hydrogen-bond donors (Lipinski definition) is 2. The number of nitrogens with one attached hydrogen (secondary N) is 1. The third kappa shape index (κ3) is 6.16. The summed E-state index contributed by atoms with van der Waals surface area (Å²) in [7, 11) is 0. The Hall–Kier alpha value is -2.36. The normalized spacial score (nSPS) is 14.6. The van der Waals surface area contributed by atoms with Crippen LogP contribution in [0.2, 0.25) is 5.02 Å². The molecule has 0 radical (unpaired) electrons. The van der Waals surface area contributed by atoms with Gasteiger partial charge < -0.3 is 5.11 Å². The molecule has 1 aromatic heterocycles. The Morgan fingerprint density at radius 1 is 1.21 bits per heavy atom. The predicted octanol–water partition coefficient (Wildman–Crippen LogP) is 5.81. The molecule has 7 nitrogen and oxygen atoms in total. The first-order chi connectivity index (χ1) is 16.0. The third-order valence-electron chi connectivity index (χ3n) is 5.42. The number of aromatic nitrogens is 3. The van der Waals surface area contributed by atoms with Gasteiger partial charge in [-0.3, -0.25) is 9.36 Å². The lowest BCUT2D eigenvalue weighted by atomic mass is 9.95. The fourth-order valence-corrected chi connectivity index (χ4v) is 5.11. The topological polar surface area (TPSA) is 92.4 Å². The van der Waals surface area contributed by atoms with Crippen LogP contribution in [0, 0.1) is 0 Å². The SMILES string of the molecule is O=C(CSc1nnc(-c2ccc(Cl)cc2)n1C1CCCCC1)N/N=C/c1cc(Br)ccc1O. The number of carbonyl (C=O) groups is 1. The standard InChI is InChI=1S/C23H23BrClN5O2S/c24-17-8-11-20(31)16(12-17)13-26-27-21(32)14-33-23-29-28-22(15-6-9-18(25)10-7-15)30(23)19-4-2-1-3-5-19/h6-13,19,31H,1-5,14H2,(H,27,32)/b26-13+. The molecule has 1 aliphatic carbocycles. The van der Waals surface area contributed by atoms with Crippen molar-refractivity contribution in [2.45, 2.75) is 43.3 Å². The Kier molecular flexibility index (Phi) is 8.06. The molecule has 4 rings (SSSR count). The molecular weight excluding hydrogens is 526 g/mol. The van der Waals surface area contributed by atoms with Gasteiger partial charge in [-0.1, -0.05) is 58.6 Å². The third-order valence-corrected chi connectivity index (χ3v) is 7.11. The van der Waals surface area contributed by atoms with E-state index in [2.05, 4.69) is 41.2 Å². The van der Waals surface area contributed by atoms with Crippen LogP contribution in [0.1, 0.15) is 43.7 Å². The second-order valence-corrected chi connectivity index (χ2v) is 10.1. The number of phenolic OH excluding ortho intramolecular Hbond substituents is 1. The molecule has 1 fully saturated rings. The highest BCUT2D eigenvalue weighted by Crippen LogP contribution is 2.35. The van der Waals surface area contributed by atoms with E-state index in [1.54, 1.807) is 18.2 Å². The van der Waals surface area contributed by atoms with E-state index >= 15 is 0 Å². The second-order valence-electron chi connectivity index (χ2n) is 7.76. The Balaban J connectivity index is 1.46. The van der Waals surface area contributed by atoms with E-state index in [0.717, 1.165) is 33.9 Å². The second kappa shape index (κ2) is 11.2. The number of halogens is 2. The van der Waals surface area contributed by atoms with Gasteiger partial charge in [-0.2, -0.15) is 5.10 Å². The molecule has 0 spiro atoms. The average molecular weight is 549 g/mol. The number of benzene rings is 2. The zero-order chi connectivity index (χ0) is 23.2. The molecule has 33 heavy (non-hydrogen) atoms. The smallest absolute Gasteiger partial charge is 0.250 e. The van der Waals surface area contributed by atoms with Crippen LogP contribution in [0.25, 0.3) is 11.4 Å². The summed E-state index contributed by atoms with van der Waals surface area (Å²) >= 11 is 10.7. The van der Waals surface area contributed by atoms with Gasteiger partial charge in [0.2, 0.25) is 0 Å². The number of rotatable bonds is 7. The van der Waals surface area contributed by atoms with Crippen molar-refractivity contribution in [2.24, 2.45) is 5.10 Å². The Morgan fingerprint density at radius 3 is 2.73 bits per heavy atom. The molecule has 1 aliphatic rings. The van der Waals surface area contributed by atoms with Gasteiger partial charge in [0, 0.05) is 26.7 Å². The number of thioether (sulfide) groups is 1. The van der Waals surface area contributed by atoms with Crippen LogP contribution in [0.3, 0.4) is 0 Å². The van der Waals surface area contributed by atoms with Gasteiger partial charge in [-0.25, -0.2) is 5.43 Å². The largest absolute Gasteiger partial charge is 0.507 e. The molecule has 0 saturated heterocycles. The highest BCUT2D eigenvalue weighted by molar-refractivity contribution is 9.10. The molecule has 0 aliphatic heterocycles. The van der Waals surface area contributed by atoms with Crippen molar-refractivity contribution in [1.82, 2.24) is 20.2 Å². The van der Waals surface area contributed by atoms with Gasteiger partial charge in [0.05, 0.1) is 12.0 Å². The number of hydrazone groups is 1. The number of phenols is 1. The van der Waals surface area contributed by atoms with Crippen LogP contribution in [0.15, 0.2) is 57.2 Å². The minimum absolute atomic E-state index is 0.0842. The summed E-state index contributed by atoms with van der Waals surface area (Å²) in [6.07, 6.45) is 7.13. The Labute approximate surface area is 209 Å². The maximum Gasteiger partial charge on any atom is 0.250 e. The summed E-state index contributed by atoms with van der Waals surface area (Å²) in [5.74, 6) is 0.760. The Morgan fingerprint density at radius 2 is 1.97 bits per heavy atom. The highest BCUT2D eigenvalue weighted by Gasteiger charge is 2.24. The zero-order valence-electron chi connectivity index (χ0n) is 17.7. The fraction of sp³-hybridized carbons (Fsp3) is 0.304. The van der Waals surface area contributed by atoms with Crippen LogP contribution in [-0.2, 0) is 4.79 Å². The van der Waals surface area contributed by atoms with Crippen LogP contribution in [0.4, 0.5) is 0 Å². The molecule has 0 unspecified atom stereocenters. The van der Waals surface area contributed by atoms with E-state index in [9.17, 15) is 9.90 Å². The van der Waals surface area contributed by atoms with Crippen LogP contribution >= 0.6 is 39.3 Å². The van der Waals surface area contributed by atoms with Crippen molar-refractivity contribution in [2.75, 3.05) is 5.75 Å². The highest BCUT2D eigenvalue weighted by atomic mass is 79.9. The zero-order valence-corrected chi connectivity index (χ0v) is 20.9. The average Bonchev–Trinajstić information content (AvgIpc) is 3.25. The monoisotopic (exact) mass is 547 g/mol. The summed E-state index contributed by atoms with van der Waals surface area (Å²) in [6.45, 7) is 0. The predicted molar refractivity (Wildman–Crippen MR) is 135 cm³/mol. The lowest BCUT2D eigenvalue weighted by Gasteiger charge is -2.25. The first-order valence-corrected chi connectivity index (χ1v) is 12.8. The van der Waals surface area contributed by atoms with Gasteiger partial charge in [-0.15, -0.1) is 10.2 Å². The first kappa shape index (κ1) is 23.8. The van der Waals surface area contributed by atoms with Gasteiger partial charge in [0.1, 0.15) is 5.75 Å². The number of carbonyl (C=O) groups excluding carboxylic acids is 1. The van der Waals surface area contributed by atoms with Gasteiger partial charge in [0.25, 0.3) is 5.91 Å². The summed E-state index contributed by atoms with van der Waals surface area (Å²) in [4.78, 5) is 12.4. The molecule has 172 valence electrons. The first-order valence-electron chi connectivity index (χ1n) is 10.7. The van der Waals surface area contributed by atoms with Crippen molar-refractivity contribution in [3.63, 3.8) is 0 Å². The van der Waals surface area contributed by atoms with Crippen molar-refractivity contribution in [3.8, 4) is 17.1 Å². The van der Waals surface area contributed by atoms with E-state index in [-0.39, 0.29) is 17.4 Å². The molecule has 3 aromatic rings. The number of nitrogens with zero attached hydrogens (tertiary/aromatic N) is 4. The number of hydrogen-bond acceptors (Lipinski definition) is 6. The van der Waals surface area contributed by atoms with Gasteiger partial charge >= 0.3 is 0 Å². The van der Waals surface area contributed by atoms with Crippen LogP contribution < -0.4 is 5.43 Å². The maximum absolute atomic E-state index is 12.4. The molecule has 2 N–H and O–H groups in total. The number of aromatic hydroxyl groups is 1. The molecule has 0 bridgehead atoms. The lowest BCUT2D eigenvalue weighted by Crippen LogP contribution is -2.20. The van der Waals surface area contributed by atoms with Crippen LogP contribution in [-0.4, -0.2) is 37.7 Å². The minimum Gasteiger partial charge on any atom is -0.507 e. The molecular formula is C23H23BrClN5O2S. The lowest BCUT2D eigenvalue weighted by molar-refractivity contribution is -0.118. The minimum atomic E-state index is -0.267. The van der Waals surface area contributed by atoms with Crippen molar-refractivity contribution < 1.29 is 9.90 Å². The van der Waals surface area contributed by atoms with Crippen molar-refractivity contribution in [1.29, 1.82) is 0 Å². The molecule has 1 heterocycles.